The highest BCUT2D eigenvalue weighted by Crippen LogP contribution is 2.24. The Balaban J connectivity index is 3.04. The van der Waals surface area contributed by atoms with Crippen molar-refractivity contribution in [2.45, 2.75) is 12.5 Å². The summed E-state index contributed by atoms with van der Waals surface area (Å²) in [6, 6.07) is 2.29. The van der Waals surface area contributed by atoms with E-state index in [0.29, 0.717) is 0 Å². The van der Waals surface area contributed by atoms with Gasteiger partial charge in [-0.1, -0.05) is 0 Å². The molecule has 1 aromatic rings. The molecule has 0 bridgehead atoms. The van der Waals surface area contributed by atoms with Crippen LogP contribution in [-0.2, 0) is 11.2 Å². The molecule has 0 saturated heterocycles. The molecule has 0 aromatic heterocycles. The van der Waals surface area contributed by atoms with Crippen molar-refractivity contribution in [1.82, 2.24) is 0 Å². The summed E-state index contributed by atoms with van der Waals surface area (Å²) in [5, 5.41) is 28.3. The fraction of sp³-hybridized carbons (Fsp3) is 0.222. The van der Waals surface area contributed by atoms with Gasteiger partial charge in [0.25, 0.3) is 5.69 Å². The van der Waals surface area contributed by atoms with Crippen molar-refractivity contribution >= 4 is 11.7 Å². The molecule has 0 heterocycles. The maximum Gasteiger partial charge on any atom is 0.320 e. The molecule has 7 heteroatoms. The normalized spacial score (nSPS) is 12.1. The van der Waals surface area contributed by atoms with Crippen molar-refractivity contribution in [3.63, 3.8) is 0 Å². The van der Waals surface area contributed by atoms with E-state index in [9.17, 15) is 14.9 Å². The fourth-order valence-electron chi connectivity index (χ4n) is 1.22. The summed E-state index contributed by atoms with van der Waals surface area (Å²) in [6.07, 6.45) is -0.161. The molecule has 0 aliphatic carbocycles. The molecule has 86 valence electrons. The molecule has 0 fully saturated rings. The number of rotatable bonds is 4. The highest BCUT2D eigenvalue weighted by Gasteiger charge is 2.20. The van der Waals surface area contributed by atoms with Gasteiger partial charge in [0.1, 0.15) is 11.8 Å². The van der Waals surface area contributed by atoms with Gasteiger partial charge >= 0.3 is 5.97 Å². The smallest absolute Gasteiger partial charge is 0.320 e. The number of nitrogens with two attached hydrogens (primary N) is 1. The van der Waals surface area contributed by atoms with Crippen molar-refractivity contribution in [2.75, 3.05) is 0 Å². The number of aromatic hydroxyl groups is 1. The van der Waals surface area contributed by atoms with Gasteiger partial charge < -0.3 is 15.9 Å². The second-order valence-corrected chi connectivity index (χ2v) is 3.22. The average Bonchev–Trinajstić information content (AvgIpc) is 2.20. The number of hydrogen-bond acceptors (Lipinski definition) is 5. The van der Waals surface area contributed by atoms with Crippen LogP contribution in [0.5, 0.6) is 5.75 Å². The number of carboxylic acids is 1. The molecule has 1 aromatic carbocycles. The summed E-state index contributed by atoms with van der Waals surface area (Å²) in [7, 11) is 0. The number of nitrogens with zero attached hydrogens (tertiary/aromatic N) is 1. The van der Waals surface area contributed by atoms with Gasteiger partial charge in [-0.15, -0.1) is 0 Å². The predicted octanol–water partition coefficient (Wildman–Crippen LogP) is 0.255. The number of benzene rings is 1. The number of phenolic OH excluding ortho intramolecular Hbond substituents is 1. The summed E-state index contributed by atoms with van der Waals surface area (Å²) in [5.74, 6) is -1.48. The first kappa shape index (κ1) is 11.9. The van der Waals surface area contributed by atoms with E-state index in [0.717, 1.165) is 6.07 Å². The zero-order chi connectivity index (χ0) is 12.3. The Morgan fingerprint density at radius 3 is 2.69 bits per heavy atom. The van der Waals surface area contributed by atoms with Crippen molar-refractivity contribution in [2.24, 2.45) is 5.73 Å². The minimum atomic E-state index is -1.23. The summed E-state index contributed by atoms with van der Waals surface area (Å²) in [5.41, 5.74) is 5.11. The first-order chi connectivity index (χ1) is 7.41. The second-order valence-electron chi connectivity index (χ2n) is 3.22. The lowest BCUT2D eigenvalue weighted by atomic mass is 10.0. The van der Waals surface area contributed by atoms with Crippen LogP contribution < -0.4 is 5.73 Å². The maximum atomic E-state index is 10.6. The Bertz CT molecular complexity index is 432. The molecule has 0 radical (unpaired) electrons. The number of aliphatic carboxylic acids is 1. The minimum absolute atomic E-state index is 0.161. The Morgan fingerprint density at radius 1 is 1.56 bits per heavy atom. The van der Waals surface area contributed by atoms with Crippen LogP contribution in [0.15, 0.2) is 18.2 Å². The van der Waals surface area contributed by atoms with Gasteiger partial charge in [0.15, 0.2) is 0 Å². The lowest BCUT2D eigenvalue weighted by Crippen LogP contribution is -2.32. The van der Waals surface area contributed by atoms with E-state index in [1.54, 1.807) is 0 Å². The lowest BCUT2D eigenvalue weighted by Gasteiger charge is -2.07. The van der Waals surface area contributed by atoms with Crippen LogP contribution in [0.1, 0.15) is 5.56 Å². The first-order valence-electron chi connectivity index (χ1n) is 4.36. The van der Waals surface area contributed by atoms with Crippen LogP contribution in [0.3, 0.4) is 0 Å². The quantitative estimate of drug-likeness (QED) is 0.499. The van der Waals surface area contributed by atoms with E-state index >= 15 is 0 Å². The number of phenols is 1. The third-order valence-electron chi connectivity index (χ3n) is 2.02. The summed E-state index contributed by atoms with van der Waals surface area (Å²) in [6.45, 7) is 0. The molecule has 0 spiro atoms. The zero-order valence-electron chi connectivity index (χ0n) is 8.16. The molecule has 0 aliphatic heterocycles. The fourth-order valence-corrected chi connectivity index (χ4v) is 1.22. The molecule has 4 N–H and O–H groups in total. The van der Waals surface area contributed by atoms with Gasteiger partial charge in [0.05, 0.1) is 11.0 Å². The Kier molecular flexibility index (Phi) is 3.41. The number of nitro benzene ring substituents is 1. The van der Waals surface area contributed by atoms with Gasteiger partial charge in [-0.05, 0) is 12.1 Å². The van der Waals surface area contributed by atoms with Crippen LogP contribution in [0, 0.1) is 10.1 Å². The molecular formula is C9H10N2O5. The third-order valence-corrected chi connectivity index (χ3v) is 2.02. The third kappa shape index (κ3) is 2.67. The highest BCUT2D eigenvalue weighted by molar-refractivity contribution is 5.73. The molecule has 1 atom stereocenters. The molecular weight excluding hydrogens is 216 g/mol. The van der Waals surface area contributed by atoms with Crippen LogP contribution >= 0.6 is 0 Å². The topological polar surface area (TPSA) is 127 Å². The highest BCUT2D eigenvalue weighted by atomic mass is 16.6. The van der Waals surface area contributed by atoms with E-state index < -0.39 is 16.9 Å². The molecule has 0 amide bonds. The van der Waals surface area contributed by atoms with E-state index in [-0.39, 0.29) is 23.4 Å². The largest absolute Gasteiger partial charge is 0.508 e. The predicted molar refractivity (Wildman–Crippen MR) is 54.1 cm³/mol. The maximum absolute atomic E-state index is 10.6. The molecule has 0 unspecified atom stereocenters. The number of carbonyl (C=O) groups is 1. The summed E-state index contributed by atoms with van der Waals surface area (Å²) >= 11 is 0. The lowest BCUT2D eigenvalue weighted by molar-refractivity contribution is -0.385. The van der Waals surface area contributed by atoms with Gasteiger partial charge in [0.2, 0.25) is 0 Å². The Hall–Kier alpha value is -2.15. The number of hydrogen-bond donors (Lipinski definition) is 3. The molecule has 0 aliphatic rings. The average molecular weight is 226 g/mol. The van der Waals surface area contributed by atoms with Crippen molar-refractivity contribution in [1.29, 1.82) is 0 Å². The van der Waals surface area contributed by atoms with Crippen LogP contribution in [0.4, 0.5) is 5.69 Å². The van der Waals surface area contributed by atoms with E-state index in [2.05, 4.69) is 0 Å². The first-order valence-corrected chi connectivity index (χ1v) is 4.36. The molecule has 16 heavy (non-hydrogen) atoms. The monoisotopic (exact) mass is 226 g/mol. The second kappa shape index (κ2) is 4.58. The zero-order valence-corrected chi connectivity index (χ0v) is 8.16. The Labute approximate surface area is 90.3 Å². The standard InChI is InChI=1S/C9H10N2O5/c10-7(9(13)14)3-5-1-2-6(12)4-8(5)11(15)16/h1-2,4,7,12H,3,10H2,(H,13,14)/t7-/m1/s1. The van der Waals surface area contributed by atoms with Crippen molar-refractivity contribution in [3.8, 4) is 5.75 Å². The SMILES string of the molecule is N[C@H](Cc1ccc(O)cc1[N+](=O)[O-])C(=O)O. The van der Waals surface area contributed by atoms with Gasteiger partial charge in [-0.2, -0.15) is 0 Å². The van der Waals surface area contributed by atoms with Crippen molar-refractivity contribution in [3.05, 3.63) is 33.9 Å². The van der Waals surface area contributed by atoms with Crippen LogP contribution in [0.25, 0.3) is 0 Å². The number of carboxylic acid groups (broad SMARTS) is 1. The van der Waals surface area contributed by atoms with E-state index in [4.69, 9.17) is 15.9 Å². The van der Waals surface area contributed by atoms with Gasteiger partial charge in [-0.25, -0.2) is 0 Å². The van der Waals surface area contributed by atoms with E-state index in [1.807, 2.05) is 0 Å². The summed E-state index contributed by atoms with van der Waals surface area (Å²) < 4.78 is 0. The minimum Gasteiger partial charge on any atom is -0.508 e. The van der Waals surface area contributed by atoms with Gasteiger partial charge in [-0.3, -0.25) is 14.9 Å². The Morgan fingerprint density at radius 2 is 2.19 bits per heavy atom. The number of nitro groups is 1. The van der Waals surface area contributed by atoms with E-state index in [1.165, 1.54) is 12.1 Å². The molecule has 0 saturated carbocycles. The summed E-state index contributed by atoms with van der Waals surface area (Å²) in [4.78, 5) is 20.4. The van der Waals surface area contributed by atoms with Crippen LogP contribution in [-0.4, -0.2) is 27.1 Å². The van der Waals surface area contributed by atoms with Crippen molar-refractivity contribution < 1.29 is 19.9 Å². The molecule has 1 rings (SSSR count). The van der Waals surface area contributed by atoms with Gasteiger partial charge in [0, 0.05) is 12.0 Å². The van der Waals surface area contributed by atoms with Crippen LogP contribution in [0.2, 0.25) is 0 Å². The molecule has 7 nitrogen and oxygen atoms in total.